The van der Waals surface area contributed by atoms with Gasteiger partial charge in [-0.1, -0.05) is 40.9 Å². The highest BCUT2D eigenvalue weighted by molar-refractivity contribution is 6.42. The first kappa shape index (κ1) is 20.7. The molecule has 2 heterocycles. The molecule has 0 bridgehead atoms. The SMILES string of the molecule is O=C(CC(c1ccc(Cl)c(Cl)c1)c1c[nH]c2ccc(Cl)cc12)NCc1ccncc1. The van der Waals surface area contributed by atoms with E-state index in [2.05, 4.69) is 15.3 Å². The number of rotatable bonds is 6. The lowest BCUT2D eigenvalue weighted by atomic mass is 9.88. The van der Waals surface area contributed by atoms with Crippen LogP contribution in [0.25, 0.3) is 10.9 Å². The number of H-pyrrole nitrogens is 1. The molecule has 4 aromatic rings. The minimum absolute atomic E-state index is 0.0701. The zero-order valence-corrected chi connectivity index (χ0v) is 18.1. The summed E-state index contributed by atoms with van der Waals surface area (Å²) in [6, 6.07) is 14.9. The molecule has 0 aliphatic heterocycles. The number of benzene rings is 2. The van der Waals surface area contributed by atoms with Gasteiger partial charge < -0.3 is 10.3 Å². The van der Waals surface area contributed by atoms with Crippen LogP contribution in [0.2, 0.25) is 15.1 Å². The van der Waals surface area contributed by atoms with E-state index >= 15 is 0 Å². The molecule has 2 aromatic carbocycles. The molecule has 152 valence electrons. The van der Waals surface area contributed by atoms with Crippen LogP contribution in [0.5, 0.6) is 0 Å². The number of aromatic nitrogens is 2. The van der Waals surface area contributed by atoms with E-state index < -0.39 is 0 Å². The quantitative estimate of drug-likeness (QED) is 0.353. The molecule has 0 spiro atoms. The predicted molar refractivity (Wildman–Crippen MR) is 122 cm³/mol. The average molecular weight is 459 g/mol. The van der Waals surface area contributed by atoms with Crippen molar-refractivity contribution < 1.29 is 4.79 Å². The molecule has 2 aromatic heterocycles. The Bertz CT molecular complexity index is 1190. The summed E-state index contributed by atoms with van der Waals surface area (Å²) in [5, 5.41) is 5.52. The zero-order valence-electron chi connectivity index (χ0n) is 15.8. The first-order valence-electron chi connectivity index (χ1n) is 9.38. The second-order valence-corrected chi connectivity index (χ2v) is 8.25. The molecule has 0 fully saturated rings. The third kappa shape index (κ3) is 4.62. The minimum Gasteiger partial charge on any atom is -0.361 e. The second-order valence-electron chi connectivity index (χ2n) is 7.00. The van der Waals surface area contributed by atoms with Gasteiger partial charge in [0.25, 0.3) is 0 Å². The Morgan fingerprint density at radius 1 is 1.00 bits per heavy atom. The van der Waals surface area contributed by atoms with Gasteiger partial charge >= 0.3 is 0 Å². The normalized spacial score (nSPS) is 12.1. The first-order valence-corrected chi connectivity index (χ1v) is 10.5. The van der Waals surface area contributed by atoms with Gasteiger partial charge in [-0.3, -0.25) is 9.78 Å². The number of aromatic amines is 1. The Hall–Kier alpha value is -2.53. The highest BCUT2D eigenvalue weighted by atomic mass is 35.5. The summed E-state index contributed by atoms with van der Waals surface area (Å²) < 4.78 is 0. The number of fused-ring (bicyclic) bond motifs is 1. The zero-order chi connectivity index (χ0) is 21.1. The Morgan fingerprint density at radius 2 is 1.80 bits per heavy atom. The lowest BCUT2D eigenvalue weighted by molar-refractivity contribution is -0.121. The topological polar surface area (TPSA) is 57.8 Å². The van der Waals surface area contributed by atoms with Crippen LogP contribution in [-0.2, 0) is 11.3 Å². The van der Waals surface area contributed by atoms with Crippen molar-refractivity contribution in [3.05, 3.63) is 98.9 Å². The molecule has 4 rings (SSSR count). The molecule has 0 saturated heterocycles. The van der Waals surface area contributed by atoms with Crippen molar-refractivity contribution in [3.63, 3.8) is 0 Å². The number of carbonyl (C=O) groups is 1. The van der Waals surface area contributed by atoms with E-state index in [-0.39, 0.29) is 18.2 Å². The van der Waals surface area contributed by atoms with Crippen LogP contribution in [0.1, 0.15) is 29.0 Å². The van der Waals surface area contributed by atoms with Gasteiger partial charge in [0.1, 0.15) is 0 Å². The largest absolute Gasteiger partial charge is 0.361 e. The Morgan fingerprint density at radius 3 is 2.57 bits per heavy atom. The molecule has 1 atom stereocenters. The van der Waals surface area contributed by atoms with Crippen molar-refractivity contribution in [2.24, 2.45) is 0 Å². The van der Waals surface area contributed by atoms with E-state index in [4.69, 9.17) is 34.8 Å². The van der Waals surface area contributed by atoms with Gasteiger partial charge in [0, 0.05) is 53.4 Å². The number of nitrogens with zero attached hydrogens (tertiary/aromatic N) is 1. The van der Waals surface area contributed by atoms with Gasteiger partial charge in [0.15, 0.2) is 0 Å². The maximum absolute atomic E-state index is 12.8. The third-order valence-electron chi connectivity index (χ3n) is 5.03. The Kier molecular flexibility index (Phi) is 6.28. The highest BCUT2D eigenvalue weighted by Gasteiger charge is 2.22. The number of hydrogen-bond acceptors (Lipinski definition) is 2. The van der Waals surface area contributed by atoms with Crippen molar-refractivity contribution in [1.29, 1.82) is 0 Å². The van der Waals surface area contributed by atoms with Crippen LogP contribution in [0, 0.1) is 0 Å². The van der Waals surface area contributed by atoms with Crippen LogP contribution in [-0.4, -0.2) is 15.9 Å². The fourth-order valence-electron chi connectivity index (χ4n) is 3.50. The van der Waals surface area contributed by atoms with E-state index in [0.29, 0.717) is 21.6 Å². The summed E-state index contributed by atoms with van der Waals surface area (Å²) in [4.78, 5) is 20.1. The number of nitrogens with one attached hydrogen (secondary N) is 2. The van der Waals surface area contributed by atoms with Crippen LogP contribution >= 0.6 is 34.8 Å². The van der Waals surface area contributed by atoms with Crippen LogP contribution < -0.4 is 5.32 Å². The Labute approximate surface area is 189 Å². The van der Waals surface area contributed by atoms with Crippen molar-refractivity contribution in [2.45, 2.75) is 18.9 Å². The number of amides is 1. The molecular formula is C23H18Cl3N3O. The number of pyridine rings is 1. The molecule has 0 saturated carbocycles. The predicted octanol–water partition coefficient (Wildman–Crippen LogP) is 6.36. The lowest BCUT2D eigenvalue weighted by Crippen LogP contribution is -2.25. The molecule has 0 aliphatic rings. The fourth-order valence-corrected chi connectivity index (χ4v) is 3.98. The molecule has 1 amide bonds. The van der Waals surface area contributed by atoms with Gasteiger partial charge in [0.2, 0.25) is 5.91 Å². The molecule has 30 heavy (non-hydrogen) atoms. The molecule has 4 nitrogen and oxygen atoms in total. The van der Waals surface area contributed by atoms with Crippen molar-refractivity contribution in [1.82, 2.24) is 15.3 Å². The van der Waals surface area contributed by atoms with E-state index in [0.717, 1.165) is 27.6 Å². The number of halogens is 3. The average Bonchev–Trinajstić information content (AvgIpc) is 3.16. The number of carbonyl (C=O) groups excluding carboxylic acids is 1. The second kappa shape index (κ2) is 9.09. The lowest BCUT2D eigenvalue weighted by Gasteiger charge is -2.18. The standard InChI is InChI=1S/C23H18Cl3N3O/c24-16-2-4-22-18(10-16)19(13-28-22)17(15-1-3-20(25)21(26)9-15)11-23(30)29-12-14-5-7-27-8-6-14/h1-10,13,17,28H,11-12H2,(H,29,30). The molecule has 7 heteroatoms. The summed E-state index contributed by atoms with van der Waals surface area (Å²) >= 11 is 18.6. The maximum Gasteiger partial charge on any atom is 0.221 e. The third-order valence-corrected chi connectivity index (χ3v) is 6.00. The fraction of sp³-hybridized carbons (Fsp3) is 0.130. The van der Waals surface area contributed by atoms with Gasteiger partial charge in [-0.05, 0) is 59.2 Å². The van der Waals surface area contributed by atoms with Crippen LogP contribution in [0.15, 0.2) is 67.1 Å². The minimum atomic E-state index is -0.218. The van der Waals surface area contributed by atoms with Gasteiger partial charge in [-0.25, -0.2) is 0 Å². The monoisotopic (exact) mass is 457 g/mol. The summed E-state index contributed by atoms with van der Waals surface area (Å²) in [6.07, 6.45) is 5.58. The van der Waals surface area contributed by atoms with Gasteiger partial charge in [0.05, 0.1) is 10.0 Å². The van der Waals surface area contributed by atoms with Crippen molar-refractivity contribution in [2.75, 3.05) is 0 Å². The molecular weight excluding hydrogens is 441 g/mol. The molecule has 2 N–H and O–H groups in total. The van der Waals surface area contributed by atoms with Gasteiger partial charge in [-0.2, -0.15) is 0 Å². The molecule has 0 aliphatic carbocycles. The number of hydrogen-bond donors (Lipinski definition) is 2. The smallest absolute Gasteiger partial charge is 0.221 e. The van der Waals surface area contributed by atoms with E-state index in [9.17, 15) is 4.79 Å². The van der Waals surface area contributed by atoms with Gasteiger partial charge in [-0.15, -0.1) is 0 Å². The summed E-state index contributed by atoms with van der Waals surface area (Å²) in [5.41, 5.74) is 3.83. The van der Waals surface area contributed by atoms with Crippen molar-refractivity contribution in [3.8, 4) is 0 Å². The highest BCUT2D eigenvalue weighted by Crippen LogP contribution is 2.36. The molecule has 0 radical (unpaired) electrons. The summed E-state index contributed by atoms with van der Waals surface area (Å²) in [5.74, 6) is -0.288. The Balaban J connectivity index is 1.65. The van der Waals surface area contributed by atoms with E-state index in [1.165, 1.54) is 0 Å². The van der Waals surface area contributed by atoms with Crippen LogP contribution in [0.3, 0.4) is 0 Å². The van der Waals surface area contributed by atoms with E-state index in [1.54, 1.807) is 18.5 Å². The van der Waals surface area contributed by atoms with Crippen LogP contribution in [0.4, 0.5) is 0 Å². The van der Waals surface area contributed by atoms with Crippen molar-refractivity contribution >= 4 is 51.6 Å². The summed E-state index contributed by atoms with van der Waals surface area (Å²) in [6.45, 7) is 0.440. The molecule has 1 unspecified atom stereocenters. The summed E-state index contributed by atoms with van der Waals surface area (Å²) in [7, 11) is 0. The first-order chi connectivity index (χ1) is 14.5. The van der Waals surface area contributed by atoms with E-state index in [1.807, 2.05) is 48.7 Å². The maximum atomic E-state index is 12.8.